The van der Waals surface area contributed by atoms with Crippen LogP contribution in [0.3, 0.4) is 0 Å². The van der Waals surface area contributed by atoms with Gasteiger partial charge in [0.2, 0.25) is 0 Å². The van der Waals surface area contributed by atoms with Crippen LogP contribution in [0.5, 0.6) is 5.75 Å². The first-order valence-electron chi connectivity index (χ1n) is 11.7. The molecule has 0 aliphatic rings. The maximum Gasteiger partial charge on any atom is 0.321 e. The van der Waals surface area contributed by atoms with Crippen LogP contribution in [0, 0.1) is 12.3 Å². The molecular weight excluding hydrogens is 448 g/mol. The molecule has 5 nitrogen and oxygen atoms in total. The molecule has 0 aromatic heterocycles. The zero-order chi connectivity index (χ0) is 26.0. The van der Waals surface area contributed by atoms with E-state index >= 15 is 0 Å². The molecule has 2 aromatic carbocycles. The molecule has 0 heterocycles. The van der Waals surface area contributed by atoms with Crippen LogP contribution in [-0.4, -0.2) is 36.9 Å². The monoisotopic (exact) mass is 488 g/mol. The van der Waals surface area contributed by atoms with Gasteiger partial charge in [-0.2, -0.15) is 0 Å². The summed E-state index contributed by atoms with van der Waals surface area (Å²) >= 11 is 6.16. The zero-order valence-corrected chi connectivity index (χ0v) is 22.5. The van der Waals surface area contributed by atoms with Crippen LogP contribution in [-0.2, 0) is 4.74 Å². The molecule has 0 saturated heterocycles. The molecule has 1 unspecified atom stereocenters. The minimum absolute atomic E-state index is 0.239. The maximum atomic E-state index is 11.6. The lowest BCUT2D eigenvalue weighted by molar-refractivity contribution is -0.123. The van der Waals surface area contributed by atoms with Gasteiger partial charge in [-0.15, -0.1) is 6.42 Å². The summed E-state index contributed by atoms with van der Waals surface area (Å²) in [5, 5.41) is 3.07. The molecule has 2 rings (SSSR count). The second kappa shape index (κ2) is 17.8. The third-order valence-corrected chi connectivity index (χ3v) is 4.61. The number of carbonyl (C=O) groups excluding carboxylic acids is 1. The second-order valence-corrected chi connectivity index (χ2v) is 8.70. The number of rotatable bonds is 8. The van der Waals surface area contributed by atoms with Crippen LogP contribution in [0.4, 0.5) is 10.5 Å². The maximum absolute atomic E-state index is 11.6. The van der Waals surface area contributed by atoms with Gasteiger partial charge in [0.1, 0.15) is 11.4 Å². The van der Waals surface area contributed by atoms with E-state index in [-0.39, 0.29) is 6.03 Å². The van der Waals surface area contributed by atoms with E-state index in [2.05, 4.69) is 25.1 Å². The van der Waals surface area contributed by atoms with E-state index in [1.165, 1.54) is 30.6 Å². The summed E-state index contributed by atoms with van der Waals surface area (Å²) in [5.41, 5.74) is -0.153. The Hall–Kier alpha value is -2.68. The van der Waals surface area contributed by atoms with Crippen molar-refractivity contribution in [3.8, 4) is 18.1 Å². The largest absolute Gasteiger partial charge is 0.464 e. The van der Waals surface area contributed by atoms with Gasteiger partial charge in [-0.05, 0) is 39.0 Å². The van der Waals surface area contributed by atoms with Gasteiger partial charge in [-0.1, -0.05) is 93.5 Å². The number of urea groups is 1. The molecule has 0 aliphatic carbocycles. The fraction of sp³-hybridized carbons (Fsp3) is 0.464. The minimum atomic E-state index is -0.731. The highest BCUT2D eigenvalue weighted by atomic mass is 35.5. The SMILES string of the molecule is C#CC(C)(C)OC(C)Oc1ccc(NC(=O)N(C)C)cc1Cl.CCCCCC.c1ccccc1. The molecule has 0 bridgehead atoms. The standard InChI is InChI=1S/C16H21ClN2O3.C6H6.C6H14/c1-7-16(3,4)22-11(2)21-14-9-8-12(10-13(14)17)18-15(20)19(5)6;1-2-4-6-5-3-1;1-3-5-6-4-2/h1,8-11H,2-6H3,(H,18,20);1-6H;3-6H2,1-2H3. The lowest BCUT2D eigenvalue weighted by atomic mass is 10.1. The molecule has 1 N–H and O–H groups in total. The zero-order valence-electron chi connectivity index (χ0n) is 21.7. The Morgan fingerprint density at radius 3 is 1.97 bits per heavy atom. The first-order chi connectivity index (χ1) is 16.1. The van der Waals surface area contributed by atoms with Crippen LogP contribution in [0.25, 0.3) is 0 Å². The van der Waals surface area contributed by atoms with Crippen molar-refractivity contribution in [3.63, 3.8) is 0 Å². The molecule has 188 valence electrons. The average Bonchev–Trinajstić information content (AvgIpc) is 2.81. The van der Waals surface area contributed by atoms with Gasteiger partial charge < -0.3 is 19.7 Å². The average molecular weight is 489 g/mol. The molecule has 6 heteroatoms. The number of halogens is 1. The Labute approximate surface area is 211 Å². The van der Waals surface area contributed by atoms with Crippen LogP contribution < -0.4 is 10.1 Å². The third kappa shape index (κ3) is 15.2. The van der Waals surface area contributed by atoms with Crippen molar-refractivity contribution in [3.05, 3.63) is 59.6 Å². The Balaban J connectivity index is 0.000000735. The molecule has 0 radical (unpaired) electrons. The van der Waals surface area contributed by atoms with E-state index in [9.17, 15) is 4.79 Å². The number of hydrogen-bond acceptors (Lipinski definition) is 3. The number of nitrogens with zero attached hydrogens (tertiary/aromatic N) is 1. The van der Waals surface area contributed by atoms with Crippen molar-refractivity contribution >= 4 is 23.3 Å². The summed E-state index contributed by atoms with van der Waals surface area (Å²) in [4.78, 5) is 13.0. The highest BCUT2D eigenvalue weighted by Gasteiger charge is 2.20. The van der Waals surface area contributed by atoms with Crippen LogP contribution >= 0.6 is 11.6 Å². The fourth-order valence-electron chi connectivity index (χ4n) is 2.45. The van der Waals surface area contributed by atoms with Crippen molar-refractivity contribution in [2.24, 2.45) is 0 Å². The molecule has 0 saturated carbocycles. The lowest BCUT2D eigenvalue weighted by Gasteiger charge is -2.25. The van der Waals surface area contributed by atoms with E-state index in [0.717, 1.165) is 0 Å². The van der Waals surface area contributed by atoms with Gasteiger partial charge in [-0.25, -0.2) is 4.79 Å². The Bertz CT molecular complexity index is 818. The Morgan fingerprint density at radius 1 is 1.09 bits per heavy atom. The minimum Gasteiger partial charge on any atom is -0.464 e. The predicted octanol–water partition coefficient (Wildman–Crippen LogP) is 7.86. The number of hydrogen-bond donors (Lipinski definition) is 1. The summed E-state index contributed by atoms with van der Waals surface area (Å²) in [6, 6.07) is 16.7. The summed E-state index contributed by atoms with van der Waals surface area (Å²) in [6.07, 6.45) is 10.3. The number of anilines is 1. The van der Waals surface area contributed by atoms with Crippen LogP contribution in [0.2, 0.25) is 5.02 Å². The smallest absolute Gasteiger partial charge is 0.321 e. The first kappa shape index (κ1) is 31.3. The molecular formula is C28H41ClN2O3. The number of carbonyl (C=O) groups is 1. The van der Waals surface area contributed by atoms with E-state index in [4.69, 9.17) is 27.5 Å². The van der Waals surface area contributed by atoms with E-state index in [1.54, 1.807) is 53.1 Å². The van der Waals surface area contributed by atoms with E-state index in [0.29, 0.717) is 16.5 Å². The normalized spacial score (nSPS) is 10.9. The summed E-state index contributed by atoms with van der Waals surface area (Å²) in [7, 11) is 3.31. The predicted molar refractivity (Wildman–Crippen MR) is 145 cm³/mol. The van der Waals surface area contributed by atoms with Gasteiger partial charge in [0, 0.05) is 19.8 Å². The lowest BCUT2D eigenvalue weighted by Crippen LogP contribution is -2.30. The van der Waals surface area contributed by atoms with E-state index < -0.39 is 11.9 Å². The molecule has 0 spiro atoms. The fourth-order valence-corrected chi connectivity index (χ4v) is 2.67. The molecule has 0 aliphatic heterocycles. The second-order valence-electron chi connectivity index (χ2n) is 8.29. The first-order valence-corrected chi connectivity index (χ1v) is 12.0. The topological polar surface area (TPSA) is 50.8 Å². The molecule has 2 aromatic rings. The van der Waals surface area contributed by atoms with Crippen LogP contribution in [0.15, 0.2) is 54.6 Å². The highest BCUT2D eigenvalue weighted by molar-refractivity contribution is 6.32. The summed E-state index contributed by atoms with van der Waals surface area (Å²) in [6.45, 7) is 9.74. The van der Waals surface area contributed by atoms with E-state index in [1.807, 2.05) is 36.4 Å². The quantitative estimate of drug-likeness (QED) is 0.233. The van der Waals surface area contributed by atoms with Crippen molar-refractivity contribution in [2.75, 3.05) is 19.4 Å². The molecule has 2 amide bonds. The summed E-state index contributed by atoms with van der Waals surface area (Å²) < 4.78 is 11.2. The molecule has 0 fully saturated rings. The number of amides is 2. The van der Waals surface area contributed by atoms with Gasteiger partial charge in [0.15, 0.2) is 6.29 Å². The number of unbranched alkanes of at least 4 members (excludes halogenated alkanes) is 3. The summed E-state index contributed by atoms with van der Waals surface area (Å²) in [5.74, 6) is 2.98. The molecule has 1 atom stereocenters. The van der Waals surface area contributed by atoms with Gasteiger partial charge in [-0.3, -0.25) is 0 Å². The Morgan fingerprint density at radius 2 is 1.59 bits per heavy atom. The number of nitrogens with one attached hydrogen (secondary N) is 1. The van der Waals surface area contributed by atoms with Crippen molar-refractivity contribution in [1.29, 1.82) is 0 Å². The Kier molecular flexibility index (Phi) is 16.4. The van der Waals surface area contributed by atoms with Gasteiger partial charge >= 0.3 is 6.03 Å². The van der Waals surface area contributed by atoms with Crippen molar-refractivity contribution < 1.29 is 14.3 Å². The molecule has 34 heavy (non-hydrogen) atoms. The van der Waals surface area contributed by atoms with Crippen molar-refractivity contribution in [2.45, 2.75) is 72.2 Å². The number of terminal acetylenes is 1. The number of ether oxygens (including phenoxy) is 2. The highest BCUT2D eigenvalue weighted by Crippen LogP contribution is 2.29. The number of benzene rings is 2. The van der Waals surface area contributed by atoms with Crippen molar-refractivity contribution in [1.82, 2.24) is 4.90 Å². The third-order valence-electron chi connectivity index (χ3n) is 4.31. The van der Waals surface area contributed by atoms with Crippen LogP contribution in [0.1, 0.15) is 60.3 Å². The van der Waals surface area contributed by atoms with Gasteiger partial charge in [0.05, 0.1) is 5.02 Å². The van der Waals surface area contributed by atoms with Gasteiger partial charge in [0.25, 0.3) is 0 Å².